The first-order valence-electron chi connectivity index (χ1n) is 10.2. The van der Waals surface area contributed by atoms with E-state index < -0.39 is 0 Å². The van der Waals surface area contributed by atoms with Gasteiger partial charge in [-0.25, -0.2) is 4.98 Å². The van der Waals surface area contributed by atoms with Crippen LogP contribution in [0.3, 0.4) is 0 Å². The maximum atomic E-state index is 6.28. The molecule has 28 heavy (non-hydrogen) atoms. The summed E-state index contributed by atoms with van der Waals surface area (Å²) < 4.78 is 0. The molecule has 2 fully saturated rings. The molecule has 0 amide bonds. The zero-order valence-electron chi connectivity index (χ0n) is 17.0. The second-order valence-electron chi connectivity index (χ2n) is 7.76. The van der Waals surface area contributed by atoms with Gasteiger partial charge in [0.25, 0.3) is 0 Å². The van der Waals surface area contributed by atoms with Gasteiger partial charge in [0.1, 0.15) is 5.82 Å². The molecule has 6 nitrogen and oxygen atoms in total. The second-order valence-corrected chi connectivity index (χ2v) is 8.17. The van der Waals surface area contributed by atoms with E-state index in [1.807, 2.05) is 19.2 Å². The van der Waals surface area contributed by atoms with Gasteiger partial charge < -0.3 is 20.4 Å². The Balaban J connectivity index is 0.00000280. The van der Waals surface area contributed by atoms with Crippen molar-refractivity contribution in [2.45, 2.75) is 38.6 Å². The van der Waals surface area contributed by atoms with Gasteiger partial charge in [0.2, 0.25) is 0 Å². The maximum Gasteiger partial charge on any atom is 0.191 e. The molecule has 0 aliphatic carbocycles. The lowest BCUT2D eigenvalue weighted by atomic mass is 9.99. The maximum absolute atomic E-state index is 6.28. The van der Waals surface area contributed by atoms with Crippen LogP contribution in [0, 0.1) is 5.92 Å². The number of guanidine groups is 1. The highest BCUT2D eigenvalue weighted by atomic mass is 127. The molecule has 3 heterocycles. The number of likely N-dealkylation sites (tertiary alicyclic amines) is 1. The second kappa shape index (κ2) is 12.0. The van der Waals surface area contributed by atoms with Crippen LogP contribution in [-0.2, 0) is 0 Å². The number of nitrogens with zero attached hydrogens (tertiary/aromatic N) is 4. The standard InChI is InChI=1S/C20H33ClN6.HI/c1-16-6-12-26(13-7-16)11-4-10-24-20(22-2)25-17-8-14-27(15-17)19-18(21)5-3-9-23-19;/h3,5,9,16-17H,4,6-8,10-15H2,1-2H3,(H2,22,24,25);1H. The molecule has 0 radical (unpaired) electrons. The Labute approximate surface area is 191 Å². The molecule has 2 saturated heterocycles. The Bertz CT molecular complexity index is 620. The van der Waals surface area contributed by atoms with Crippen molar-refractivity contribution >= 4 is 47.4 Å². The van der Waals surface area contributed by atoms with E-state index in [2.05, 4.69) is 37.3 Å². The lowest BCUT2D eigenvalue weighted by Gasteiger charge is -2.30. The number of pyridine rings is 1. The van der Waals surface area contributed by atoms with Gasteiger partial charge in [-0.1, -0.05) is 18.5 Å². The molecule has 1 aromatic heterocycles. The van der Waals surface area contributed by atoms with E-state index in [9.17, 15) is 0 Å². The van der Waals surface area contributed by atoms with Crippen molar-refractivity contribution in [3.05, 3.63) is 23.4 Å². The Hall–Kier alpha value is -0.800. The lowest BCUT2D eigenvalue weighted by Crippen LogP contribution is -2.45. The number of anilines is 1. The van der Waals surface area contributed by atoms with Crippen molar-refractivity contribution in [1.29, 1.82) is 0 Å². The summed E-state index contributed by atoms with van der Waals surface area (Å²) in [6.07, 6.45) is 6.69. The van der Waals surface area contributed by atoms with E-state index in [1.54, 1.807) is 6.20 Å². The third-order valence-electron chi connectivity index (χ3n) is 5.61. The van der Waals surface area contributed by atoms with E-state index in [0.717, 1.165) is 50.2 Å². The van der Waals surface area contributed by atoms with Crippen molar-refractivity contribution in [1.82, 2.24) is 20.5 Å². The topological polar surface area (TPSA) is 55.8 Å². The van der Waals surface area contributed by atoms with Crippen molar-refractivity contribution in [2.75, 3.05) is 51.2 Å². The molecule has 8 heteroatoms. The van der Waals surface area contributed by atoms with E-state index in [-0.39, 0.29) is 24.0 Å². The fourth-order valence-electron chi connectivity index (χ4n) is 3.86. The Morgan fingerprint density at radius 2 is 2.07 bits per heavy atom. The van der Waals surface area contributed by atoms with E-state index in [4.69, 9.17) is 11.6 Å². The molecule has 1 unspecified atom stereocenters. The molecule has 2 aliphatic heterocycles. The minimum absolute atomic E-state index is 0. The van der Waals surface area contributed by atoms with Crippen LogP contribution in [0.15, 0.2) is 23.3 Å². The molecule has 1 atom stereocenters. The molecule has 0 saturated carbocycles. The summed E-state index contributed by atoms with van der Waals surface area (Å²) in [4.78, 5) is 13.6. The van der Waals surface area contributed by atoms with Crippen LogP contribution in [0.1, 0.15) is 32.6 Å². The summed E-state index contributed by atoms with van der Waals surface area (Å²) in [6, 6.07) is 4.13. The molecule has 0 spiro atoms. The minimum Gasteiger partial charge on any atom is -0.356 e. The molecule has 1 aromatic rings. The van der Waals surface area contributed by atoms with Crippen LogP contribution in [0.2, 0.25) is 5.02 Å². The zero-order valence-corrected chi connectivity index (χ0v) is 20.1. The SMILES string of the molecule is CN=C(NCCCN1CCC(C)CC1)NC1CCN(c2ncccc2Cl)C1.I. The first kappa shape index (κ1) is 23.5. The molecule has 2 N–H and O–H groups in total. The monoisotopic (exact) mass is 520 g/mol. The summed E-state index contributed by atoms with van der Waals surface area (Å²) >= 11 is 6.28. The molecule has 3 rings (SSSR count). The summed E-state index contributed by atoms with van der Waals surface area (Å²) in [7, 11) is 1.84. The van der Waals surface area contributed by atoms with Gasteiger partial charge in [0.15, 0.2) is 5.96 Å². The Kier molecular flexibility index (Phi) is 10.1. The Morgan fingerprint density at radius 1 is 1.29 bits per heavy atom. The molecule has 2 aliphatic rings. The van der Waals surface area contributed by atoms with Gasteiger partial charge in [-0.15, -0.1) is 24.0 Å². The van der Waals surface area contributed by atoms with Crippen molar-refractivity contribution in [3.63, 3.8) is 0 Å². The van der Waals surface area contributed by atoms with Crippen LogP contribution in [0.5, 0.6) is 0 Å². The smallest absolute Gasteiger partial charge is 0.191 e. The van der Waals surface area contributed by atoms with Gasteiger partial charge >= 0.3 is 0 Å². The normalized spacial score (nSPS) is 21.5. The van der Waals surface area contributed by atoms with Gasteiger partial charge in [-0.3, -0.25) is 4.99 Å². The number of aromatic nitrogens is 1. The number of rotatable bonds is 6. The number of aliphatic imine (C=N–C) groups is 1. The largest absolute Gasteiger partial charge is 0.356 e. The highest BCUT2D eigenvalue weighted by molar-refractivity contribution is 14.0. The number of nitrogens with one attached hydrogen (secondary N) is 2. The van der Waals surface area contributed by atoms with E-state index >= 15 is 0 Å². The minimum atomic E-state index is 0. The van der Waals surface area contributed by atoms with Crippen LogP contribution >= 0.6 is 35.6 Å². The first-order chi connectivity index (χ1) is 13.2. The number of hydrogen-bond donors (Lipinski definition) is 2. The number of hydrogen-bond acceptors (Lipinski definition) is 4. The van der Waals surface area contributed by atoms with Crippen LogP contribution < -0.4 is 15.5 Å². The molecular weight excluding hydrogens is 487 g/mol. The summed E-state index contributed by atoms with van der Waals surface area (Å²) in [6.45, 7) is 8.84. The predicted octanol–water partition coefficient (Wildman–Crippen LogP) is 3.22. The first-order valence-corrected chi connectivity index (χ1v) is 10.6. The van der Waals surface area contributed by atoms with Gasteiger partial charge in [-0.2, -0.15) is 0 Å². The van der Waals surface area contributed by atoms with Crippen LogP contribution in [-0.4, -0.2) is 68.2 Å². The molecule has 0 bridgehead atoms. The van der Waals surface area contributed by atoms with Crippen molar-refractivity contribution < 1.29 is 0 Å². The lowest BCUT2D eigenvalue weighted by molar-refractivity contribution is 0.191. The Morgan fingerprint density at radius 3 is 2.79 bits per heavy atom. The molecule has 158 valence electrons. The van der Waals surface area contributed by atoms with Crippen molar-refractivity contribution in [3.8, 4) is 0 Å². The highest BCUT2D eigenvalue weighted by Crippen LogP contribution is 2.25. The summed E-state index contributed by atoms with van der Waals surface area (Å²) in [5.74, 6) is 2.66. The summed E-state index contributed by atoms with van der Waals surface area (Å²) in [5, 5.41) is 7.72. The van der Waals surface area contributed by atoms with Gasteiger partial charge in [0.05, 0.1) is 5.02 Å². The molecular formula is C20H34ClIN6. The average Bonchev–Trinajstić information content (AvgIpc) is 3.14. The third-order valence-corrected chi connectivity index (χ3v) is 5.91. The average molecular weight is 521 g/mol. The number of piperidine rings is 1. The van der Waals surface area contributed by atoms with Gasteiger partial charge in [0, 0.05) is 38.9 Å². The van der Waals surface area contributed by atoms with E-state index in [0.29, 0.717) is 11.1 Å². The quantitative estimate of drug-likeness (QED) is 0.261. The highest BCUT2D eigenvalue weighted by Gasteiger charge is 2.25. The molecule has 0 aromatic carbocycles. The van der Waals surface area contributed by atoms with Crippen molar-refractivity contribution in [2.24, 2.45) is 10.9 Å². The van der Waals surface area contributed by atoms with Crippen LogP contribution in [0.4, 0.5) is 5.82 Å². The fourth-order valence-corrected chi connectivity index (χ4v) is 4.10. The zero-order chi connectivity index (χ0) is 19.1. The fraction of sp³-hybridized carbons (Fsp3) is 0.700. The summed E-state index contributed by atoms with van der Waals surface area (Å²) in [5.41, 5.74) is 0. The van der Waals surface area contributed by atoms with Gasteiger partial charge in [-0.05, 0) is 63.4 Å². The van der Waals surface area contributed by atoms with E-state index in [1.165, 1.54) is 32.5 Å². The van der Waals surface area contributed by atoms with Crippen LogP contribution in [0.25, 0.3) is 0 Å². The predicted molar refractivity (Wildman–Crippen MR) is 129 cm³/mol. The third kappa shape index (κ3) is 6.91. The number of halogens is 2.